The molecule has 0 saturated carbocycles. The molecule has 0 aromatic carbocycles. The summed E-state index contributed by atoms with van der Waals surface area (Å²) >= 11 is 0. The zero-order valence-corrected chi connectivity index (χ0v) is 15.9. The Hall–Kier alpha value is -3.07. The third kappa shape index (κ3) is 3.65. The molecule has 0 bridgehead atoms. The first-order valence-corrected chi connectivity index (χ1v) is 9.39. The zero-order chi connectivity index (χ0) is 19.5. The predicted molar refractivity (Wildman–Crippen MR) is 100 cm³/mol. The normalized spacial score (nSPS) is 16.4. The van der Waals surface area contributed by atoms with E-state index in [-0.39, 0.29) is 12.0 Å². The molecule has 1 aliphatic rings. The van der Waals surface area contributed by atoms with Crippen molar-refractivity contribution in [3.8, 4) is 17.3 Å². The van der Waals surface area contributed by atoms with Gasteiger partial charge in [0, 0.05) is 31.3 Å². The molecule has 1 fully saturated rings. The Kier molecular flexibility index (Phi) is 5.16. The maximum absolute atomic E-state index is 12.5. The van der Waals surface area contributed by atoms with Crippen LogP contribution in [0, 0.1) is 6.92 Å². The summed E-state index contributed by atoms with van der Waals surface area (Å²) in [6.45, 7) is 5.07. The summed E-state index contributed by atoms with van der Waals surface area (Å²) in [7, 11) is 0. The lowest BCUT2D eigenvalue weighted by atomic mass is 10.2. The topological polar surface area (TPSA) is 108 Å². The number of hydrogen-bond donors (Lipinski definition) is 1. The molecule has 1 amide bonds. The van der Waals surface area contributed by atoms with E-state index in [4.69, 9.17) is 9.26 Å². The van der Waals surface area contributed by atoms with E-state index in [1.807, 2.05) is 13.8 Å². The standard InChI is InChI=1S/C19H22N6O3/c1-3-16-23-19(28-24-16)13-6-7-20-17(9-13)25-12(2)15(11-22-25)18(26)21-10-14-5-4-8-27-14/h6-7,9,11,14H,3-5,8,10H2,1-2H3,(H,21,26). The Bertz CT molecular complexity index is 974. The fraction of sp³-hybridized carbons (Fsp3) is 0.421. The third-order valence-electron chi connectivity index (χ3n) is 4.76. The van der Waals surface area contributed by atoms with Crippen LogP contribution < -0.4 is 5.32 Å². The molecule has 4 heterocycles. The minimum absolute atomic E-state index is 0.0973. The Morgan fingerprint density at radius 1 is 1.43 bits per heavy atom. The van der Waals surface area contributed by atoms with Crippen molar-refractivity contribution >= 4 is 5.91 Å². The van der Waals surface area contributed by atoms with E-state index in [0.717, 1.165) is 25.0 Å². The monoisotopic (exact) mass is 382 g/mol. The Balaban J connectivity index is 1.53. The number of aryl methyl sites for hydroxylation is 1. The van der Waals surface area contributed by atoms with Gasteiger partial charge in [-0.2, -0.15) is 10.1 Å². The molecule has 1 atom stereocenters. The number of nitrogens with zero attached hydrogens (tertiary/aromatic N) is 5. The summed E-state index contributed by atoms with van der Waals surface area (Å²) in [5.74, 6) is 1.48. The van der Waals surface area contributed by atoms with Gasteiger partial charge in [0.15, 0.2) is 11.6 Å². The minimum atomic E-state index is -0.167. The van der Waals surface area contributed by atoms with Crippen LogP contribution in [0.1, 0.15) is 41.6 Å². The van der Waals surface area contributed by atoms with Gasteiger partial charge >= 0.3 is 0 Å². The first kappa shape index (κ1) is 18.3. The molecule has 0 radical (unpaired) electrons. The number of ether oxygens (including phenoxy) is 1. The number of nitrogens with one attached hydrogen (secondary N) is 1. The largest absolute Gasteiger partial charge is 0.376 e. The molecule has 3 aromatic rings. The minimum Gasteiger partial charge on any atom is -0.376 e. The SMILES string of the molecule is CCc1noc(-c2ccnc(-n3ncc(C(=O)NCC4CCCO4)c3C)c2)n1. The fourth-order valence-corrected chi connectivity index (χ4v) is 3.15. The van der Waals surface area contributed by atoms with E-state index in [0.29, 0.717) is 41.8 Å². The van der Waals surface area contributed by atoms with Crippen LogP contribution in [-0.4, -0.2) is 50.1 Å². The second-order valence-electron chi connectivity index (χ2n) is 6.67. The molecular formula is C19H22N6O3. The number of rotatable bonds is 6. The van der Waals surface area contributed by atoms with Gasteiger partial charge in [-0.05, 0) is 31.9 Å². The molecule has 9 heteroatoms. The summed E-state index contributed by atoms with van der Waals surface area (Å²) in [5, 5.41) is 11.2. The molecule has 1 saturated heterocycles. The quantitative estimate of drug-likeness (QED) is 0.695. The predicted octanol–water partition coefficient (Wildman–Crippen LogP) is 2.10. The van der Waals surface area contributed by atoms with E-state index in [1.54, 1.807) is 29.2 Å². The van der Waals surface area contributed by atoms with Gasteiger partial charge < -0.3 is 14.6 Å². The number of carbonyl (C=O) groups excluding carboxylic acids is 1. The summed E-state index contributed by atoms with van der Waals surface area (Å²) in [4.78, 5) is 21.2. The van der Waals surface area contributed by atoms with Crippen LogP contribution in [-0.2, 0) is 11.2 Å². The average molecular weight is 382 g/mol. The lowest BCUT2D eigenvalue weighted by Gasteiger charge is -2.10. The number of carbonyl (C=O) groups is 1. The van der Waals surface area contributed by atoms with Gasteiger partial charge in [0.2, 0.25) is 0 Å². The van der Waals surface area contributed by atoms with Crippen molar-refractivity contribution in [1.82, 2.24) is 30.2 Å². The van der Waals surface area contributed by atoms with Crippen molar-refractivity contribution in [2.75, 3.05) is 13.2 Å². The highest BCUT2D eigenvalue weighted by atomic mass is 16.5. The van der Waals surface area contributed by atoms with Crippen molar-refractivity contribution in [1.29, 1.82) is 0 Å². The van der Waals surface area contributed by atoms with Crippen LogP contribution in [0.5, 0.6) is 0 Å². The van der Waals surface area contributed by atoms with Gasteiger partial charge in [0.1, 0.15) is 0 Å². The second kappa shape index (κ2) is 7.89. The lowest BCUT2D eigenvalue weighted by Crippen LogP contribution is -2.32. The molecule has 1 unspecified atom stereocenters. The molecule has 1 aliphatic heterocycles. The Labute approximate surface area is 162 Å². The Morgan fingerprint density at radius 2 is 2.32 bits per heavy atom. The van der Waals surface area contributed by atoms with Gasteiger partial charge in [-0.1, -0.05) is 12.1 Å². The van der Waals surface area contributed by atoms with E-state index in [9.17, 15) is 4.79 Å². The molecule has 0 spiro atoms. The highest BCUT2D eigenvalue weighted by molar-refractivity contribution is 5.95. The van der Waals surface area contributed by atoms with Crippen LogP contribution in [0.2, 0.25) is 0 Å². The highest BCUT2D eigenvalue weighted by Crippen LogP contribution is 2.20. The molecule has 9 nitrogen and oxygen atoms in total. The zero-order valence-electron chi connectivity index (χ0n) is 15.9. The number of amides is 1. The van der Waals surface area contributed by atoms with Gasteiger partial charge in [-0.3, -0.25) is 4.79 Å². The fourth-order valence-electron chi connectivity index (χ4n) is 3.15. The van der Waals surface area contributed by atoms with Crippen molar-refractivity contribution < 1.29 is 14.1 Å². The third-order valence-corrected chi connectivity index (χ3v) is 4.76. The lowest BCUT2D eigenvalue weighted by molar-refractivity contribution is 0.0857. The van der Waals surface area contributed by atoms with Crippen LogP contribution in [0.3, 0.4) is 0 Å². The molecular weight excluding hydrogens is 360 g/mol. The summed E-state index contributed by atoms with van der Waals surface area (Å²) < 4.78 is 12.5. The molecule has 146 valence electrons. The summed E-state index contributed by atoms with van der Waals surface area (Å²) in [6.07, 6.45) is 6.02. The maximum atomic E-state index is 12.5. The van der Waals surface area contributed by atoms with Gasteiger partial charge in [0.05, 0.1) is 23.6 Å². The molecule has 28 heavy (non-hydrogen) atoms. The second-order valence-corrected chi connectivity index (χ2v) is 6.67. The van der Waals surface area contributed by atoms with E-state index in [2.05, 4.69) is 25.5 Å². The van der Waals surface area contributed by atoms with E-state index in [1.165, 1.54) is 0 Å². The first-order chi connectivity index (χ1) is 13.7. The van der Waals surface area contributed by atoms with Crippen LogP contribution in [0.15, 0.2) is 29.0 Å². The van der Waals surface area contributed by atoms with E-state index >= 15 is 0 Å². The van der Waals surface area contributed by atoms with Gasteiger partial charge in [-0.15, -0.1) is 0 Å². The molecule has 0 aliphatic carbocycles. The molecule has 3 aromatic heterocycles. The van der Waals surface area contributed by atoms with Crippen LogP contribution in [0.4, 0.5) is 0 Å². The highest BCUT2D eigenvalue weighted by Gasteiger charge is 2.20. The van der Waals surface area contributed by atoms with Crippen molar-refractivity contribution in [3.05, 3.63) is 41.6 Å². The number of pyridine rings is 1. The van der Waals surface area contributed by atoms with E-state index < -0.39 is 0 Å². The van der Waals surface area contributed by atoms with Crippen molar-refractivity contribution in [2.24, 2.45) is 0 Å². The number of hydrogen-bond acceptors (Lipinski definition) is 7. The van der Waals surface area contributed by atoms with Crippen molar-refractivity contribution in [3.63, 3.8) is 0 Å². The molecule has 1 N–H and O–H groups in total. The van der Waals surface area contributed by atoms with Crippen LogP contribution >= 0.6 is 0 Å². The number of aromatic nitrogens is 5. The maximum Gasteiger partial charge on any atom is 0.258 e. The molecule has 4 rings (SSSR count). The van der Waals surface area contributed by atoms with Gasteiger partial charge in [0.25, 0.3) is 11.8 Å². The summed E-state index contributed by atoms with van der Waals surface area (Å²) in [6, 6.07) is 3.60. The average Bonchev–Trinajstić information content (AvgIpc) is 3.47. The van der Waals surface area contributed by atoms with Crippen LogP contribution in [0.25, 0.3) is 17.3 Å². The Morgan fingerprint density at radius 3 is 3.07 bits per heavy atom. The summed E-state index contributed by atoms with van der Waals surface area (Å²) in [5.41, 5.74) is 1.96. The first-order valence-electron chi connectivity index (χ1n) is 9.39. The van der Waals surface area contributed by atoms with Gasteiger partial charge in [-0.25, -0.2) is 9.67 Å². The smallest absolute Gasteiger partial charge is 0.258 e. The van der Waals surface area contributed by atoms with Crippen molar-refractivity contribution in [2.45, 2.75) is 39.2 Å².